The van der Waals surface area contributed by atoms with Gasteiger partial charge in [0.1, 0.15) is 12.1 Å². The number of carbonyl (C=O) groups excluding carboxylic acids is 1. The van der Waals surface area contributed by atoms with E-state index in [4.69, 9.17) is 0 Å². The summed E-state index contributed by atoms with van der Waals surface area (Å²) >= 11 is 0. The Morgan fingerprint density at radius 3 is 2.64 bits per heavy atom. The Labute approximate surface area is 157 Å². The van der Waals surface area contributed by atoms with Gasteiger partial charge in [0.2, 0.25) is 0 Å². The number of rotatable bonds is 2. The molecule has 0 bridgehead atoms. The van der Waals surface area contributed by atoms with Gasteiger partial charge < -0.3 is 9.80 Å². The predicted molar refractivity (Wildman–Crippen MR) is 92.9 cm³/mol. The van der Waals surface area contributed by atoms with Crippen LogP contribution in [0.4, 0.5) is 19.0 Å². The molecule has 0 atom stereocenters. The van der Waals surface area contributed by atoms with E-state index in [1.54, 1.807) is 4.52 Å². The molecule has 28 heavy (non-hydrogen) atoms. The van der Waals surface area contributed by atoms with Crippen molar-refractivity contribution in [1.29, 1.82) is 0 Å². The standard InChI is InChI=1S/C17H16F3N7O/c1-11-8-14(27-16(24-11)22-10-23-27)25-4-6-26(7-5-25)15(28)12-2-3-21-9-13(12)17(18,19)20/h2-3,8-10H,4-7H2,1H3. The summed E-state index contributed by atoms with van der Waals surface area (Å²) in [5, 5.41) is 4.16. The zero-order valence-electron chi connectivity index (χ0n) is 14.9. The molecule has 1 aliphatic heterocycles. The SMILES string of the molecule is Cc1cc(N2CCN(C(=O)c3ccncc3C(F)(F)F)CC2)n2ncnc2n1. The van der Waals surface area contributed by atoms with Crippen molar-refractivity contribution in [3.05, 3.63) is 47.7 Å². The van der Waals surface area contributed by atoms with E-state index in [1.807, 2.05) is 17.9 Å². The first-order chi connectivity index (χ1) is 13.3. The lowest BCUT2D eigenvalue weighted by atomic mass is 10.1. The van der Waals surface area contributed by atoms with Gasteiger partial charge in [-0.1, -0.05) is 0 Å². The lowest BCUT2D eigenvalue weighted by Crippen LogP contribution is -2.49. The molecule has 3 aromatic rings. The number of anilines is 1. The van der Waals surface area contributed by atoms with Gasteiger partial charge in [0.15, 0.2) is 0 Å². The Kier molecular flexibility index (Phi) is 4.36. The smallest absolute Gasteiger partial charge is 0.353 e. The summed E-state index contributed by atoms with van der Waals surface area (Å²) in [6, 6.07) is 2.98. The summed E-state index contributed by atoms with van der Waals surface area (Å²) in [5.41, 5.74) is -0.619. The van der Waals surface area contributed by atoms with Crippen LogP contribution in [-0.4, -0.2) is 61.6 Å². The molecule has 146 valence electrons. The van der Waals surface area contributed by atoms with Crippen LogP contribution in [0.25, 0.3) is 5.78 Å². The second-order valence-corrected chi connectivity index (χ2v) is 6.43. The molecule has 1 fully saturated rings. The topological polar surface area (TPSA) is 79.5 Å². The average molecular weight is 391 g/mol. The van der Waals surface area contributed by atoms with E-state index in [2.05, 4.69) is 20.1 Å². The molecule has 4 rings (SSSR count). The molecule has 0 spiro atoms. The number of alkyl halides is 3. The fourth-order valence-electron chi connectivity index (χ4n) is 3.25. The molecule has 0 radical (unpaired) electrons. The average Bonchev–Trinajstić information content (AvgIpc) is 3.14. The number of aromatic nitrogens is 5. The Hall–Kier alpha value is -3.24. The van der Waals surface area contributed by atoms with Crippen molar-refractivity contribution in [3.63, 3.8) is 0 Å². The Morgan fingerprint density at radius 1 is 1.18 bits per heavy atom. The van der Waals surface area contributed by atoms with E-state index in [0.717, 1.165) is 17.6 Å². The molecule has 0 aliphatic carbocycles. The second kappa shape index (κ2) is 6.73. The summed E-state index contributed by atoms with van der Waals surface area (Å²) in [7, 11) is 0. The van der Waals surface area contributed by atoms with E-state index < -0.39 is 17.6 Å². The molecule has 8 nitrogen and oxygen atoms in total. The summed E-state index contributed by atoms with van der Waals surface area (Å²) in [6.45, 7) is 3.33. The molecule has 1 aliphatic rings. The first-order valence-corrected chi connectivity index (χ1v) is 8.57. The molecule has 1 amide bonds. The van der Waals surface area contributed by atoms with Crippen molar-refractivity contribution in [1.82, 2.24) is 29.5 Å². The fourth-order valence-corrected chi connectivity index (χ4v) is 3.25. The number of aryl methyl sites for hydroxylation is 1. The minimum atomic E-state index is -4.63. The van der Waals surface area contributed by atoms with Crippen molar-refractivity contribution >= 4 is 17.5 Å². The van der Waals surface area contributed by atoms with Crippen LogP contribution >= 0.6 is 0 Å². The molecular formula is C17H16F3N7O. The normalized spacial score (nSPS) is 15.3. The molecule has 0 saturated carbocycles. The minimum Gasteiger partial charge on any atom is -0.353 e. The quantitative estimate of drug-likeness (QED) is 0.663. The highest BCUT2D eigenvalue weighted by atomic mass is 19.4. The van der Waals surface area contributed by atoms with E-state index in [9.17, 15) is 18.0 Å². The van der Waals surface area contributed by atoms with Crippen LogP contribution in [0.3, 0.4) is 0 Å². The minimum absolute atomic E-state index is 0.288. The highest BCUT2D eigenvalue weighted by Gasteiger charge is 2.37. The van der Waals surface area contributed by atoms with Crippen molar-refractivity contribution in [2.24, 2.45) is 0 Å². The van der Waals surface area contributed by atoms with Crippen molar-refractivity contribution < 1.29 is 18.0 Å². The van der Waals surface area contributed by atoms with E-state index >= 15 is 0 Å². The van der Waals surface area contributed by atoms with E-state index in [-0.39, 0.29) is 18.7 Å². The predicted octanol–water partition coefficient (Wildman–Crippen LogP) is 1.81. The van der Waals surface area contributed by atoms with Crippen molar-refractivity contribution in [3.8, 4) is 0 Å². The maximum Gasteiger partial charge on any atom is 0.418 e. The van der Waals surface area contributed by atoms with Crippen LogP contribution in [0.15, 0.2) is 30.9 Å². The zero-order chi connectivity index (χ0) is 19.9. The van der Waals surface area contributed by atoms with Gasteiger partial charge in [0, 0.05) is 50.3 Å². The monoisotopic (exact) mass is 391 g/mol. The highest BCUT2D eigenvalue weighted by Crippen LogP contribution is 2.32. The number of hydrogen-bond acceptors (Lipinski definition) is 6. The molecule has 0 unspecified atom stereocenters. The maximum absolute atomic E-state index is 13.2. The third-order valence-corrected chi connectivity index (χ3v) is 4.61. The molecule has 11 heteroatoms. The first-order valence-electron chi connectivity index (χ1n) is 8.57. The van der Waals surface area contributed by atoms with Gasteiger partial charge in [0.05, 0.1) is 11.1 Å². The Bertz CT molecular complexity index is 1030. The van der Waals surface area contributed by atoms with Gasteiger partial charge in [-0.05, 0) is 13.0 Å². The van der Waals surface area contributed by atoms with Gasteiger partial charge >= 0.3 is 6.18 Å². The molecular weight excluding hydrogens is 375 g/mol. The van der Waals surface area contributed by atoms with Crippen LogP contribution in [0.1, 0.15) is 21.6 Å². The molecule has 4 heterocycles. The molecule has 3 aromatic heterocycles. The lowest BCUT2D eigenvalue weighted by Gasteiger charge is -2.36. The van der Waals surface area contributed by atoms with Crippen LogP contribution in [0.2, 0.25) is 0 Å². The Balaban J connectivity index is 1.53. The summed E-state index contributed by atoms with van der Waals surface area (Å²) in [6.07, 6.45) is -1.34. The first kappa shape index (κ1) is 18.1. The summed E-state index contributed by atoms with van der Waals surface area (Å²) in [5.74, 6) is 0.610. The lowest BCUT2D eigenvalue weighted by molar-refractivity contribution is -0.138. The fraction of sp³-hybridized carbons (Fsp3) is 0.353. The third-order valence-electron chi connectivity index (χ3n) is 4.61. The third kappa shape index (κ3) is 3.23. The zero-order valence-corrected chi connectivity index (χ0v) is 14.9. The van der Waals surface area contributed by atoms with Gasteiger partial charge in [-0.2, -0.15) is 27.8 Å². The number of halogens is 3. The maximum atomic E-state index is 13.2. The van der Waals surface area contributed by atoms with E-state index in [1.165, 1.54) is 17.4 Å². The number of amides is 1. The van der Waals surface area contributed by atoms with Gasteiger partial charge in [-0.25, -0.2) is 4.98 Å². The van der Waals surface area contributed by atoms with Crippen LogP contribution < -0.4 is 4.90 Å². The van der Waals surface area contributed by atoms with Crippen molar-refractivity contribution in [2.75, 3.05) is 31.1 Å². The van der Waals surface area contributed by atoms with Gasteiger partial charge in [-0.15, -0.1) is 0 Å². The van der Waals surface area contributed by atoms with Crippen LogP contribution in [-0.2, 0) is 6.18 Å². The number of piperazine rings is 1. The van der Waals surface area contributed by atoms with Crippen LogP contribution in [0, 0.1) is 6.92 Å². The Morgan fingerprint density at radius 2 is 1.93 bits per heavy atom. The van der Waals surface area contributed by atoms with Crippen LogP contribution in [0.5, 0.6) is 0 Å². The summed E-state index contributed by atoms with van der Waals surface area (Å²) < 4.78 is 41.1. The number of nitrogens with zero attached hydrogens (tertiary/aromatic N) is 7. The van der Waals surface area contributed by atoms with E-state index in [0.29, 0.717) is 25.1 Å². The number of pyridine rings is 1. The van der Waals surface area contributed by atoms with Gasteiger partial charge in [0.25, 0.3) is 11.7 Å². The second-order valence-electron chi connectivity index (χ2n) is 6.43. The summed E-state index contributed by atoms with van der Waals surface area (Å²) in [4.78, 5) is 28.0. The van der Waals surface area contributed by atoms with Crippen molar-refractivity contribution in [2.45, 2.75) is 13.1 Å². The highest BCUT2D eigenvalue weighted by molar-refractivity contribution is 5.96. The molecule has 0 aromatic carbocycles. The largest absolute Gasteiger partial charge is 0.418 e. The molecule has 0 N–H and O–H groups in total. The number of carbonyl (C=O) groups is 1. The van der Waals surface area contributed by atoms with Gasteiger partial charge in [-0.3, -0.25) is 9.78 Å². The molecule has 1 saturated heterocycles. The number of fused-ring (bicyclic) bond motifs is 1. The number of hydrogen-bond donors (Lipinski definition) is 0.